The van der Waals surface area contributed by atoms with Crippen molar-refractivity contribution in [1.82, 2.24) is 9.97 Å². The van der Waals surface area contributed by atoms with Gasteiger partial charge in [-0.2, -0.15) is 0 Å². The minimum atomic E-state index is -0.548. The molecule has 0 bridgehead atoms. The molecule has 0 aliphatic carbocycles. The van der Waals surface area contributed by atoms with Crippen LogP contribution in [0.2, 0.25) is 5.02 Å². The van der Waals surface area contributed by atoms with E-state index in [1.54, 1.807) is 12.1 Å². The fourth-order valence-corrected chi connectivity index (χ4v) is 1.90. The van der Waals surface area contributed by atoms with Crippen molar-refractivity contribution < 1.29 is 9.53 Å². The predicted octanol–water partition coefficient (Wildman–Crippen LogP) is 2.44. The zero-order valence-electron chi connectivity index (χ0n) is 10.6. The number of hydrogen-bond acceptors (Lipinski definition) is 5. The topological polar surface area (TPSA) is 55.3 Å². The molecule has 1 aromatic heterocycles. The molecule has 0 fully saturated rings. The summed E-state index contributed by atoms with van der Waals surface area (Å²) in [7, 11) is 3.70. The second kappa shape index (κ2) is 5.24. The molecule has 2 rings (SSSR count). The first-order valence-electron chi connectivity index (χ1n) is 5.49. The minimum absolute atomic E-state index is 0.329. The molecule has 0 aliphatic heterocycles. The molecule has 98 valence electrons. The van der Waals surface area contributed by atoms with Crippen molar-refractivity contribution in [3.05, 3.63) is 36.1 Å². The lowest BCUT2D eigenvalue weighted by molar-refractivity contribution is -0.128. The van der Waals surface area contributed by atoms with Gasteiger partial charge < -0.3 is 9.64 Å². The Balaban J connectivity index is 2.69. The highest BCUT2D eigenvalue weighted by molar-refractivity contribution is 6.36. The third-order valence-corrected chi connectivity index (χ3v) is 2.80. The number of rotatable bonds is 3. The van der Waals surface area contributed by atoms with E-state index in [4.69, 9.17) is 16.3 Å². The van der Waals surface area contributed by atoms with Crippen LogP contribution in [-0.4, -0.2) is 30.0 Å². The molecule has 0 N–H and O–H groups in total. The van der Waals surface area contributed by atoms with Gasteiger partial charge in [0.1, 0.15) is 17.7 Å². The van der Waals surface area contributed by atoms with Crippen LogP contribution in [0, 0.1) is 0 Å². The van der Waals surface area contributed by atoms with E-state index in [0.717, 1.165) is 6.08 Å². The van der Waals surface area contributed by atoms with Crippen molar-refractivity contribution in [2.75, 3.05) is 19.0 Å². The molecule has 0 saturated heterocycles. The van der Waals surface area contributed by atoms with Crippen LogP contribution < -0.4 is 9.64 Å². The maximum Gasteiger partial charge on any atom is 0.335 e. The van der Waals surface area contributed by atoms with Crippen molar-refractivity contribution in [1.29, 1.82) is 0 Å². The summed E-state index contributed by atoms with van der Waals surface area (Å²) in [6, 6.07) is 3.24. The van der Waals surface area contributed by atoms with E-state index in [0.29, 0.717) is 27.5 Å². The average Bonchev–Trinajstić information content (AvgIpc) is 2.41. The minimum Gasteiger partial charge on any atom is -0.421 e. The van der Waals surface area contributed by atoms with Crippen LogP contribution in [0.5, 0.6) is 5.75 Å². The molecule has 5 nitrogen and oxygen atoms in total. The molecular formula is C13H12ClN3O2. The molecule has 0 aliphatic rings. The van der Waals surface area contributed by atoms with Gasteiger partial charge in [-0.3, -0.25) is 0 Å². The van der Waals surface area contributed by atoms with E-state index >= 15 is 0 Å². The highest BCUT2D eigenvalue weighted by Gasteiger charge is 2.15. The summed E-state index contributed by atoms with van der Waals surface area (Å²) in [6.07, 6.45) is 2.49. The molecule has 0 radical (unpaired) electrons. The van der Waals surface area contributed by atoms with E-state index in [2.05, 4.69) is 16.5 Å². The largest absolute Gasteiger partial charge is 0.421 e. The molecule has 1 aromatic carbocycles. The van der Waals surface area contributed by atoms with Gasteiger partial charge in [0.15, 0.2) is 5.75 Å². The molecular weight excluding hydrogens is 266 g/mol. The first kappa shape index (κ1) is 13.3. The highest BCUT2D eigenvalue weighted by atomic mass is 35.5. The number of anilines is 1. The van der Waals surface area contributed by atoms with Gasteiger partial charge in [0.2, 0.25) is 0 Å². The van der Waals surface area contributed by atoms with Crippen molar-refractivity contribution >= 4 is 34.3 Å². The van der Waals surface area contributed by atoms with E-state index in [-0.39, 0.29) is 0 Å². The maximum atomic E-state index is 11.3. The first-order valence-corrected chi connectivity index (χ1v) is 5.87. The number of halogens is 1. The van der Waals surface area contributed by atoms with Gasteiger partial charge in [0.05, 0.1) is 10.4 Å². The monoisotopic (exact) mass is 277 g/mol. The third-order valence-electron chi connectivity index (χ3n) is 2.48. The number of fused-ring (bicyclic) bond motifs is 1. The zero-order chi connectivity index (χ0) is 14.0. The summed E-state index contributed by atoms with van der Waals surface area (Å²) < 4.78 is 5.14. The summed E-state index contributed by atoms with van der Waals surface area (Å²) in [5.41, 5.74) is 0.487. The summed E-state index contributed by atoms with van der Waals surface area (Å²) >= 11 is 6.18. The van der Waals surface area contributed by atoms with Crippen LogP contribution in [0.15, 0.2) is 31.1 Å². The number of aromatic nitrogens is 2. The van der Waals surface area contributed by atoms with Gasteiger partial charge in [0.25, 0.3) is 0 Å². The van der Waals surface area contributed by atoms with Crippen molar-refractivity contribution in [3.8, 4) is 5.75 Å². The Labute approximate surface area is 115 Å². The van der Waals surface area contributed by atoms with Crippen LogP contribution in [-0.2, 0) is 4.79 Å². The summed E-state index contributed by atoms with van der Waals surface area (Å²) in [5, 5.41) is 1.14. The lowest BCUT2D eigenvalue weighted by Crippen LogP contribution is -2.12. The molecule has 0 atom stereocenters. The fraction of sp³-hybridized carbons (Fsp3) is 0.154. The lowest BCUT2D eigenvalue weighted by atomic mass is 10.2. The van der Waals surface area contributed by atoms with Gasteiger partial charge in [-0.25, -0.2) is 14.8 Å². The highest BCUT2D eigenvalue weighted by Crippen LogP contribution is 2.34. The van der Waals surface area contributed by atoms with Crippen LogP contribution in [0.4, 0.5) is 5.82 Å². The van der Waals surface area contributed by atoms with Crippen LogP contribution in [0.25, 0.3) is 10.9 Å². The Hall–Kier alpha value is -2.14. The number of nitrogens with zero attached hydrogens (tertiary/aromatic N) is 3. The molecule has 19 heavy (non-hydrogen) atoms. The Kier molecular flexibility index (Phi) is 3.66. The van der Waals surface area contributed by atoms with Gasteiger partial charge in [-0.15, -0.1) is 0 Å². The molecule has 0 saturated carbocycles. The van der Waals surface area contributed by atoms with Gasteiger partial charge in [0, 0.05) is 20.2 Å². The van der Waals surface area contributed by atoms with Crippen molar-refractivity contribution in [2.45, 2.75) is 0 Å². The Morgan fingerprint density at radius 3 is 2.79 bits per heavy atom. The summed E-state index contributed by atoms with van der Waals surface area (Å²) in [5.74, 6) is 0.440. The molecule has 0 spiro atoms. The van der Waals surface area contributed by atoms with E-state index in [9.17, 15) is 4.79 Å². The molecule has 2 aromatic rings. The quantitative estimate of drug-likeness (QED) is 0.490. The number of esters is 1. The lowest BCUT2D eigenvalue weighted by Gasteiger charge is -2.15. The molecule has 6 heteroatoms. The van der Waals surface area contributed by atoms with Crippen molar-refractivity contribution in [2.24, 2.45) is 0 Å². The van der Waals surface area contributed by atoms with E-state index < -0.39 is 5.97 Å². The smallest absolute Gasteiger partial charge is 0.335 e. The zero-order valence-corrected chi connectivity index (χ0v) is 11.3. The fourth-order valence-electron chi connectivity index (χ4n) is 1.67. The Bertz CT molecular complexity index is 656. The predicted molar refractivity (Wildman–Crippen MR) is 74.7 cm³/mol. The average molecular weight is 278 g/mol. The standard InChI is InChI=1S/C13H12ClN3O2/c1-4-10(18)19-9-6-5-8(14)11-12(9)15-7-16-13(11)17(2)3/h4-7H,1H2,2-3H3. The molecule has 0 unspecified atom stereocenters. The number of hydrogen-bond donors (Lipinski definition) is 0. The second-order valence-electron chi connectivity index (χ2n) is 3.99. The Morgan fingerprint density at radius 1 is 1.42 bits per heavy atom. The van der Waals surface area contributed by atoms with E-state index in [1.165, 1.54) is 6.33 Å². The normalized spacial score (nSPS) is 10.3. The van der Waals surface area contributed by atoms with Crippen LogP contribution >= 0.6 is 11.6 Å². The van der Waals surface area contributed by atoms with Crippen LogP contribution in [0.3, 0.4) is 0 Å². The molecule has 0 amide bonds. The third kappa shape index (κ3) is 2.51. The molecule has 1 heterocycles. The van der Waals surface area contributed by atoms with E-state index in [1.807, 2.05) is 19.0 Å². The SMILES string of the molecule is C=CC(=O)Oc1ccc(Cl)c2c(N(C)C)ncnc12. The maximum absolute atomic E-state index is 11.3. The van der Waals surface area contributed by atoms with Gasteiger partial charge in [-0.05, 0) is 12.1 Å². The first-order chi connectivity index (χ1) is 9.04. The van der Waals surface area contributed by atoms with Gasteiger partial charge in [-0.1, -0.05) is 18.2 Å². The second-order valence-corrected chi connectivity index (χ2v) is 4.39. The number of carbonyl (C=O) groups excluding carboxylic acids is 1. The summed E-state index contributed by atoms with van der Waals surface area (Å²) in [6.45, 7) is 3.36. The number of carbonyl (C=O) groups is 1. The number of benzene rings is 1. The van der Waals surface area contributed by atoms with Gasteiger partial charge >= 0.3 is 5.97 Å². The number of ether oxygens (including phenoxy) is 1. The van der Waals surface area contributed by atoms with Crippen LogP contribution in [0.1, 0.15) is 0 Å². The Morgan fingerprint density at radius 2 is 2.16 bits per heavy atom. The van der Waals surface area contributed by atoms with Crippen molar-refractivity contribution in [3.63, 3.8) is 0 Å². The summed E-state index contributed by atoms with van der Waals surface area (Å²) in [4.78, 5) is 21.4.